The van der Waals surface area contributed by atoms with Gasteiger partial charge in [0.1, 0.15) is 6.04 Å². The van der Waals surface area contributed by atoms with Gasteiger partial charge in [0.25, 0.3) is 0 Å². The summed E-state index contributed by atoms with van der Waals surface area (Å²) in [6.45, 7) is 8.59. The lowest BCUT2D eigenvalue weighted by Gasteiger charge is -2.37. The van der Waals surface area contributed by atoms with Gasteiger partial charge in [-0.05, 0) is 50.2 Å². The monoisotopic (exact) mass is 351 g/mol. The van der Waals surface area contributed by atoms with Crippen LogP contribution in [0.2, 0.25) is 0 Å². The van der Waals surface area contributed by atoms with Crippen molar-refractivity contribution in [2.24, 2.45) is 5.92 Å². The van der Waals surface area contributed by atoms with Gasteiger partial charge in [0.05, 0.1) is 18.8 Å². The van der Waals surface area contributed by atoms with Crippen LogP contribution < -0.4 is 10.6 Å². The van der Waals surface area contributed by atoms with Gasteiger partial charge in [-0.15, -0.1) is 11.3 Å². The van der Waals surface area contributed by atoms with Crippen molar-refractivity contribution in [1.29, 1.82) is 0 Å². The molecule has 1 amide bonds. The highest BCUT2D eigenvalue weighted by Crippen LogP contribution is 2.29. The fraction of sp³-hybridized carbons (Fsp3) is 0.722. The Morgan fingerprint density at radius 1 is 1.46 bits per heavy atom. The van der Waals surface area contributed by atoms with Crippen LogP contribution in [0.4, 0.5) is 0 Å². The number of thiophene rings is 1. The van der Waals surface area contributed by atoms with Crippen LogP contribution in [0.15, 0.2) is 17.5 Å². The van der Waals surface area contributed by atoms with E-state index in [9.17, 15) is 4.79 Å². The van der Waals surface area contributed by atoms with Crippen LogP contribution >= 0.6 is 11.3 Å². The standard InChI is InChI=1S/C18H29N3O2S/c1-13-5-8-21(9-6-13)15(16-4-3-11-24-16)12-20-18(22)17-14(2)23-10-7-19-17/h3-4,11,13-15,17,19H,5-10,12H2,1-2H3,(H,20,22)/t14-,15?,17+/m1/s1. The predicted molar refractivity (Wildman–Crippen MR) is 97.2 cm³/mol. The van der Waals surface area contributed by atoms with E-state index in [2.05, 4.69) is 40.0 Å². The summed E-state index contributed by atoms with van der Waals surface area (Å²) in [6.07, 6.45) is 2.41. The molecule has 0 aromatic carbocycles. The van der Waals surface area contributed by atoms with Gasteiger partial charge < -0.3 is 15.4 Å². The van der Waals surface area contributed by atoms with Crippen LogP contribution in [0.5, 0.6) is 0 Å². The van der Waals surface area contributed by atoms with E-state index >= 15 is 0 Å². The zero-order valence-electron chi connectivity index (χ0n) is 14.7. The SMILES string of the molecule is CC1CCN(C(CNC(=O)[C@H]2NCCO[C@@H]2C)c2cccs2)CC1. The minimum absolute atomic E-state index is 0.0501. The molecule has 2 saturated heterocycles. The number of amides is 1. The van der Waals surface area contributed by atoms with Crippen LogP contribution in [-0.2, 0) is 9.53 Å². The van der Waals surface area contributed by atoms with E-state index in [1.807, 2.05) is 6.92 Å². The number of ether oxygens (including phenoxy) is 1. The van der Waals surface area contributed by atoms with Gasteiger partial charge in [-0.1, -0.05) is 13.0 Å². The largest absolute Gasteiger partial charge is 0.375 e. The molecule has 3 atom stereocenters. The molecule has 1 unspecified atom stereocenters. The molecule has 0 spiro atoms. The molecule has 24 heavy (non-hydrogen) atoms. The molecule has 1 aromatic heterocycles. The van der Waals surface area contributed by atoms with Crippen molar-refractivity contribution in [2.45, 2.75) is 44.9 Å². The lowest BCUT2D eigenvalue weighted by molar-refractivity contribution is -0.129. The predicted octanol–water partition coefficient (Wildman–Crippen LogP) is 2.01. The summed E-state index contributed by atoms with van der Waals surface area (Å²) in [7, 11) is 0. The van der Waals surface area contributed by atoms with Gasteiger partial charge in [0.2, 0.25) is 5.91 Å². The van der Waals surface area contributed by atoms with Gasteiger partial charge in [-0.25, -0.2) is 0 Å². The van der Waals surface area contributed by atoms with E-state index in [4.69, 9.17) is 4.74 Å². The maximum absolute atomic E-state index is 12.5. The lowest BCUT2D eigenvalue weighted by atomic mass is 9.97. The van der Waals surface area contributed by atoms with Crippen molar-refractivity contribution in [3.8, 4) is 0 Å². The molecule has 2 aliphatic rings. The number of likely N-dealkylation sites (tertiary alicyclic amines) is 1. The Hall–Kier alpha value is -0.950. The number of piperidine rings is 1. The molecule has 0 radical (unpaired) electrons. The quantitative estimate of drug-likeness (QED) is 0.852. The first-order chi connectivity index (χ1) is 11.6. The summed E-state index contributed by atoms with van der Waals surface area (Å²) in [4.78, 5) is 16.4. The number of nitrogens with one attached hydrogen (secondary N) is 2. The molecule has 2 aliphatic heterocycles. The van der Waals surface area contributed by atoms with E-state index in [1.165, 1.54) is 17.7 Å². The molecule has 134 valence electrons. The number of morpholine rings is 1. The number of rotatable bonds is 5. The summed E-state index contributed by atoms with van der Waals surface area (Å²) in [5, 5.41) is 8.55. The molecule has 5 nitrogen and oxygen atoms in total. The molecule has 2 fully saturated rings. The Kier molecular flexibility index (Phi) is 6.27. The lowest BCUT2D eigenvalue weighted by Crippen LogP contribution is -2.56. The highest BCUT2D eigenvalue weighted by atomic mass is 32.1. The fourth-order valence-corrected chi connectivity index (χ4v) is 4.43. The fourth-order valence-electron chi connectivity index (χ4n) is 3.57. The Labute approximate surface area is 148 Å². The van der Waals surface area contributed by atoms with Crippen molar-refractivity contribution in [2.75, 3.05) is 32.8 Å². The average molecular weight is 352 g/mol. The number of carbonyl (C=O) groups excluding carboxylic acids is 1. The van der Waals surface area contributed by atoms with E-state index in [0.717, 1.165) is 25.6 Å². The first-order valence-corrected chi connectivity index (χ1v) is 9.93. The van der Waals surface area contributed by atoms with Gasteiger partial charge >= 0.3 is 0 Å². The molecule has 0 saturated carbocycles. The number of hydrogen-bond donors (Lipinski definition) is 2. The molecule has 1 aromatic rings. The van der Waals surface area contributed by atoms with Gasteiger partial charge in [-0.2, -0.15) is 0 Å². The maximum atomic E-state index is 12.5. The van der Waals surface area contributed by atoms with Crippen LogP contribution in [0.25, 0.3) is 0 Å². The Balaban J connectivity index is 1.61. The van der Waals surface area contributed by atoms with Crippen molar-refractivity contribution in [3.05, 3.63) is 22.4 Å². The van der Waals surface area contributed by atoms with Gasteiger partial charge in [0, 0.05) is 18.0 Å². The Bertz CT molecular complexity index is 514. The van der Waals surface area contributed by atoms with Crippen molar-refractivity contribution >= 4 is 17.2 Å². The third kappa shape index (κ3) is 4.36. The second-order valence-electron chi connectivity index (χ2n) is 7.00. The summed E-state index contributed by atoms with van der Waals surface area (Å²) >= 11 is 1.78. The smallest absolute Gasteiger partial charge is 0.239 e. The first-order valence-electron chi connectivity index (χ1n) is 9.05. The van der Waals surface area contributed by atoms with Gasteiger partial charge in [-0.3, -0.25) is 9.69 Å². The van der Waals surface area contributed by atoms with Crippen LogP contribution in [0, 0.1) is 5.92 Å². The van der Waals surface area contributed by atoms with Crippen molar-refractivity contribution in [1.82, 2.24) is 15.5 Å². The second kappa shape index (κ2) is 8.43. The summed E-state index contributed by atoms with van der Waals surface area (Å²) < 4.78 is 5.59. The van der Waals surface area contributed by atoms with Crippen LogP contribution in [0.1, 0.15) is 37.6 Å². The molecule has 6 heteroatoms. The normalized spacial score (nSPS) is 27.8. The molecule has 3 rings (SSSR count). The third-order valence-electron chi connectivity index (χ3n) is 5.20. The van der Waals surface area contributed by atoms with Crippen LogP contribution in [-0.4, -0.2) is 55.7 Å². The highest BCUT2D eigenvalue weighted by molar-refractivity contribution is 7.10. The zero-order valence-corrected chi connectivity index (χ0v) is 15.5. The molecular formula is C18H29N3O2S. The molecule has 3 heterocycles. The summed E-state index contributed by atoms with van der Waals surface area (Å²) in [5.74, 6) is 0.860. The van der Waals surface area contributed by atoms with Crippen molar-refractivity contribution < 1.29 is 9.53 Å². The Morgan fingerprint density at radius 3 is 2.92 bits per heavy atom. The zero-order chi connectivity index (χ0) is 16.9. The molecule has 0 bridgehead atoms. The summed E-state index contributed by atoms with van der Waals surface area (Å²) in [6, 6.07) is 4.31. The highest BCUT2D eigenvalue weighted by Gasteiger charge is 2.30. The van der Waals surface area contributed by atoms with E-state index in [0.29, 0.717) is 13.2 Å². The number of carbonyl (C=O) groups is 1. The average Bonchev–Trinajstić information content (AvgIpc) is 3.11. The minimum atomic E-state index is -0.246. The molecule has 2 N–H and O–H groups in total. The number of hydrogen-bond acceptors (Lipinski definition) is 5. The summed E-state index contributed by atoms with van der Waals surface area (Å²) in [5.41, 5.74) is 0. The third-order valence-corrected chi connectivity index (χ3v) is 6.17. The van der Waals surface area contributed by atoms with Crippen molar-refractivity contribution in [3.63, 3.8) is 0 Å². The Morgan fingerprint density at radius 2 is 2.25 bits per heavy atom. The van der Waals surface area contributed by atoms with Gasteiger partial charge in [0.15, 0.2) is 0 Å². The van der Waals surface area contributed by atoms with E-state index in [-0.39, 0.29) is 24.1 Å². The second-order valence-corrected chi connectivity index (χ2v) is 7.98. The molecule has 0 aliphatic carbocycles. The van der Waals surface area contributed by atoms with Crippen LogP contribution in [0.3, 0.4) is 0 Å². The van der Waals surface area contributed by atoms with E-state index < -0.39 is 0 Å². The molecular weight excluding hydrogens is 322 g/mol. The number of nitrogens with zero attached hydrogens (tertiary/aromatic N) is 1. The topological polar surface area (TPSA) is 53.6 Å². The first kappa shape index (κ1) is 17.9. The minimum Gasteiger partial charge on any atom is -0.375 e. The van der Waals surface area contributed by atoms with E-state index in [1.54, 1.807) is 11.3 Å². The maximum Gasteiger partial charge on any atom is 0.239 e.